The molecule has 5 heteroatoms. The lowest BCUT2D eigenvalue weighted by Crippen LogP contribution is -2.46. The average Bonchev–Trinajstić information content (AvgIpc) is 2.95. The van der Waals surface area contributed by atoms with E-state index in [9.17, 15) is 9.59 Å². The van der Waals surface area contributed by atoms with Crippen molar-refractivity contribution >= 4 is 12.0 Å². The molecule has 22 heavy (non-hydrogen) atoms. The van der Waals surface area contributed by atoms with Crippen molar-refractivity contribution in [1.29, 1.82) is 0 Å². The summed E-state index contributed by atoms with van der Waals surface area (Å²) in [6.45, 7) is 4.74. The number of ether oxygens (including phenoxy) is 1. The van der Waals surface area contributed by atoms with E-state index in [-0.39, 0.29) is 5.91 Å². The first-order valence-corrected chi connectivity index (χ1v) is 7.69. The third kappa shape index (κ3) is 3.59. The maximum absolute atomic E-state index is 12.4. The van der Waals surface area contributed by atoms with E-state index in [2.05, 4.69) is 13.8 Å². The van der Waals surface area contributed by atoms with Crippen LogP contribution in [0, 0.1) is 0 Å². The number of amides is 2. The summed E-state index contributed by atoms with van der Waals surface area (Å²) < 4.78 is 5.47. The van der Waals surface area contributed by atoms with Crippen molar-refractivity contribution < 1.29 is 14.3 Å². The topological polar surface area (TPSA) is 49.9 Å². The second-order valence-corrected chi connectivity index (χ2v) is 6.18. The van der Waals surface area contributed by atoms with Crippen molar-refractivity contribution in [2.75, 3.05) is 20.6 Å². The Labute approximate surface area is 131 Å². The van der Waals surface area contributed by atoms with Crippen LogP contribution in [0.25, 0.3) is 0 Å². The zero-order chi connectivity index (χ0) is 16.3. The molecule has 0 aromatic heterocycles. The molecule has 2 amide bonds. The molecule has 2 rings (SSSR count). The van der Waals surface area contributed by atoms with E-state index in [1.165, 1.54) is 9.80 Å². The van der Waals surface area contributed by atoms with Crippen molar-refractivity contribution in [3.8, 4) is 5.75 Å². The van der Waals surface area contributed by atoms with E-state index in [4.69, 9.17) is 4.74 Å². The van der Waals surface area contributed by atoms with Crippen LogP contribution in [0.3, 0.4) is 0 Å². The van der Waals surface area contributed by atoms with Gasteiger partial charge < -0.3 is 9.64 Å². The summed E-state index contributed by atoms with van der Waals surface area (Å²) in [5.41, 5.74) is 1.12. The fraction of sp³-hybridized carbons (Fsp3) is 0.529. The van der Waals surface area contributed by atoms with Crippen molar-refractivity contribution in [2.45, 2.75) is 38.6 Å². The van der Waals surface area contributed by atoms with Crippen LogP contribution in [0.2, 0.25) is 0 Å². The molecule has 1 aromatic rings. The third-order valence-electron chi connectivity index (χ3n) is 3.94. The van der Waals surface area contributed by atoms with Gasteiger partial charge in [0.1, 0.15) is 11.8 Å². The summed E-state index contributed by atoms with van der Waals surface area (Å²) in [4.78, 5) is 27.6. The first-order chi connectivity index (χ1) is 10.4. The smallest absolute Gasteiger partial charge is 0.410 e. The molecule has 0 N–H and O–H groups in total. The van der Waals surface area contributed by atoms with Gasteiger partial charge in [0.05, 0.1) is 0 Å². The summed E-state index contributed by atoms with van der Waals surface area (Å²) in [6.07, 6.45) is 1.07. The van der Waals surface area contributed by atoms with Gasteiger partial charge in [-0.25, -0.2) is 4.79 Å². The summed E-state index contributed by atoms with van der Waals surface area (Å²) in [7, 11) is 3.41. The van der Waals surface area contributed by atoms with Crippen LogP contribution in [0.5, 0.6) is 5.75 Å². The van der Waals surface area contributed by atoms with Crippen molar-refractivity contribution in [1.82, 2.24) is 9.80 Å². The number of likely N-dealkylation sites (N-methyl/N-ethyl adjacent to an activating group) is 1. The fourth-order valence-corrected chi connectivity index (χ4v) is 2.64. The molecular formula is C17H24N2O3. The number of carbonyl (C=O) groups is 2. The van der Waals surface area contributed by atoms with Crippen LogP contribution in [-0.2, 0) is 4.79 Å². The SMILES string of the molecule is CC(C)c1cccc(OC(=O)N2CCCC2C(=O)N(C)C)c1. The van der Waals surface area contributed by atoms with Crippen molar-refractivity contribution in [2.24, 2.45) is 0 Å². The minimum atomic E-state index is -0.446. The van der Waals surface area contributed by atoms with Gasteiger partial charge in [-0.2, -0.15) is 0 Å². The van der Waals surface area contributed by atoms with Gasteiger partial charge in [0.2, 0.25) is 5.91 Å². The molecular weight excluding hydrogens is 280 g/mol. The molecule has 120 valence electrons. The molecule has 1 unspecified atom stereocenters. The van der Waals surface area contributed by atoms with Gasteiger partial charge in [-0.3, -0.25) is 9.69 Å². The Morgan fingerprint density at radius 2 is 2.05 bits per heavy atom. The van der Waals surface area contributed by atoms with Gasteiger partial charge in [0.25, 0.3) is 0 Å². The van der Waals surface area contributed by atoms with Gasteiger partial charge in [0, 0.05) is 20.6 Å². The Balaban J connectivity index is 2.08. The summed E-state index contributed by atoms with van der Waals surface area (Å²) in [5, 5.41) is 0. The number of benzene rings is 1. The van der Waals surface area contributed by atoms with Gasteiger partial charge in [-0.05, 0) is 36.5 Å². The van der Waals surface area contributed by atoms with E-state index >= 15 is 0 Å². The molecule has 1 aliphatic rings. The van der Waals surface area contributed by atoms with Gasteiger partial charge >= 0.3 is 6.09 Å². The Kier molecular flexibility index (Phi) is 5.06. The van der Waals surface area contributed by atoms with E-state index in [0.29, 0.717) is 24.6 Å². The highest BCUT2D eigenvalue weighted by Gasteiger charge is 2.36. The van der Waals surface area contributed by atoms with E-state index in [1.54, 1.807) is 20.2 Å². The Hall–Kier alpha value is -2.04. The molecule has 1 heterocycles. The lowest BCUT2D eigenvalue weighted by atomic mass is 10.0. The number of likely N-dealkylation sites (tertiary alicyclic amines) is 1. The molecule has 1 fully saturated rings. The molecule has 5 nitrogen and oxygen atoms in total. The monoisotopic (exact) mass is 304 g/mol. The summed E-state index contributed by atoms with van der Waals surface area (Å²) >= 11 is 0. The molecule has 1 atom stereocenters. The predicted molar refractivity (Wildman–Crippen MR) is 85.0 cm³/mol. The van der Waals surface area contributed by atoms with E-state index in [1.807, 2.05) is 18.2 Å². The lowest BCUT2D eigenvalue weighted by molar-refractivity contribution is -0.132. The Morgan fingerprint density at radius 1 is 1.32 bits per heavy atom. The van der Waals surface area contributed by atoms with Crippen LogP contribution in [-0.4, -0.2) is 48.5 Å². The molecule has 0 spiro atoms. The molecule has 1 aromatic carbocycles. The number of hydrogen-bond acceptors (Lipinski definition) is 3. The van der Waals surface area contributed by atoms with Gasteiger partial charge in [-0.1, -0.05) is 26.0 Å². The quantitative estimate of drug-likeness (QED) is 0.863. The molecule has 0 radical (unpaired) electrons. The second kappa shape index (κ2) is 6.81. The van der Waals surface area contributed by atoms with Crippen molar-refractivity contribution in [3.63, 3.8) is 0 Å². The van der Waals surface area contributed by atoms with Gasteiger partial charge in [0.15, 0.2) is 0 Å². The standard InChI is InChI=1S/C17H24N2O3/c1-12(2)13-7-5-8-14(11-13)22-17(21)19-10-6-9-15(19)16(20)18(3)4/h5,7-8,11-12,15H,6,9-10H2,1-4H3. The highest BCUT2D eigenvalue weighted by Crippen LogP contribution is 2.23. The number of hydrogen-bond donors (Lipinski definition) is 0. The highest BCUT2D eigenvalue weighted by atomic mass is 16.6. The minimum Gasteiger partial charge on any atom is -0.410 e. The first-order valence-electron chi connectivity index (χ1n) is 7.69. The average molecular weight is 304 g/mol. The summed E-state index contributed by atoms with van der Waals surface area (Å²) in [6, 6.07) is 7.13. The molecule has 0 aliphatic carbocycles. The molecule has 0 bridgehead atoms. The summed E-state index contributed by atoms with van der Waals surface area (Å²) in [5.74, 6) is 0.845. The first kappa shape index (κ1) is 16.3. The highest BCUT2D eigenvalue weighted by molar-refractivity contribution is 5.86. The number of nitrogens with zero attached hydrogens (tertiary/aromatic N) is 2. The van der Waals surface area contributed by atoms with Crippen molar-refractivity contribution in [3.05, 3.63) is 29.8 Å². The van der Waals surface area contributed by atoms with Crippen LogP contribution in [0.4, 0.5) is 4.79 Å². The lowest BCUT2D eigenvalue weighted by Gasteiger charge is -2.25. The third-order valence-corrected chi connectivity index (χ3v) is 3.94. The van der Waals surface area contributed by atoms with Crippen LogP contribution >= 0.6 is 0 Å². The molecule has 1 aliphatic heterocycles. The predicted octanol–water partition coefficient (Wildman–Crippen LogP) is 2.86. The zero-order valence-corrected chi connectivity index (χ0v) is 13.7. The van der Waals surface area contributed by atoms with E-state index in [0.717, 1.165) is 12.0 Å². The zero-order valence-electron chi connectivity index (χ0n) is 13.7. The van der Waals surface area contributed by atoms with Crippen LogP contribution in [0.1, 0.15) is 38.2 Å². The maximum Gasteiger partial charge on any atom is 0.415 e. The Bertz CT molecular complexity index is 555. The molecule has 1 saturated heterocycles. The van der Waals surface area contributed by atoms with Crippen LogP contribution < -0.4 is 4.74 Å². The largest absolute Gasteiger partial charge is 0.415 e. The fourth-order valence-electron chi connectivity index (χ4n) is 2.64. The van der Waals surface area contributed by atoms with Crippen LogP contribution in [0.15, 0.2) is 24.3 Å². The maximum atomic E-state index is 12.4. The molecule has 0 saturated carbocycles. The Morgan fingerprint density at radius 3 is 2.68 bits per heavy atom. The minimum absolute atomic E-state index is 0.0506. The normalized spacial score (nSPS) is 17.7. The number of carbonyl (C=O) groups excluding carboxylic acids is 2. The second-order valence-electron chi connectivity index (χ2n) is 6.18. The number of rotatable bonds is 3. The van der Waals surface area contributed by atoms with E-state index < -0.39 is 12.1 Å². The van der Waals surface area contributed by atoms with Gasteiger partial charge in [-0.15, -0.1) is 0 Å².